The lowest BCUT2D eigenvalue weighted by Crippen LogP contribution is -2.19. The number of carbonyl (C=O) groups excluding carboxylic acids is 1. The fourth-order valence-electron chi connectivity index (χ4n) is 1.63. The van der Waals surface area contributed by atoms with Gasteiger partial charge >= 0.3 is 6.18 Å². The van der Waals surface area contributed by atoms with Crippen LogP contribution in [0.2, 0.25) is 0 Å². The summed E-state index contributed by atoms with van der Waals surface area (Å²) in [6, 6.07) is 10.7. The highest BCUT2D eigenvalue weighted by atomic mass is 19.4. The molecule has 0 aliphatic carbocycles. The van der Waals surface area contributed by atoms with Crippen LogP contribution in [0.25, 0.3) is 0 Å². The summed E-state index contributed by atoms with van der Waals surface area (Å²) >= 11 is 0. The van der Waals surface area contributed by atoms with Crippen LogP contribution < -0.4 is 10.1 Å². The number of nitriles is 1. The zero-order chi connectivity index (χ0) is 16.9. The molecule has 0 saturated carbocycles. The van der Waals surface area contributed by atoms with E-state index in [9.17, 15) is 18.0 Å². The van der Waals surface area contributed by atoms with Crippen molar-refractivity contribution in [2.45, 2.75) is 6.18 Å². The highest BCUT2D eigenvalue weighted by Gasteiger charge is 2.28. The Bertz CT molecular complexity index is 737. The number of pyridine rings is 1. The Hall–Kier alpha value is -3.08. The zero-order valence-electron chi connectivity index (χ0n) is 11.6. The Balaban J connectivity index is 2.01. The maximum Gasteiger partial charge on any atom is 0.422 e. The van der Waals surface area contributed by atoms with E-state index in [0.29, 0.717) is 11.3 Å². The molecule has 1 N–H and O–H groups in total. The van der Waals surface area contributed by atoms with Crippen molar-refractivity contribution >= 4 is 11.6 Å². The van der Waals surface area contributed by atoms with E-state index in [1.807, 2.05) is 6.07 Å². The molecule has 1 aromatic carbocycles. The van der Waals surface area contributed by atoms with Gasteiger partial charge in [0, 0.05) is 18.0 Å². The van der Waals surface area contributed by atoms with Crippen molar-refractivity contribution in [1.29, 1.82) is 5.26 Å². The number of alkyl halides is 3. The van der Waals surface area contributed by atoms with Crippen molar-refractivity contribution in [2.75, 3.05) is 11.9 Å². The first kappa shape index (κ1) is 16.3. The molecule has 0 atom stereocenters. The molecule has 0 radical (unpaired) electrons. The lowest BCUT2D eigenvalue weighted by molar-refractivity contribution is -0.154. The van der Waals surface area contributed by atoms with Crippen molar-refractivity contribution in [2.24, 2.45) is 0 Å². The number of nitrogens with zero attached hydrogens (tertiary/aromatic N) is 2. The van der Waals surface area contributed by atoms with Gasteiger partial charge in [-0.15, -0.1) is 0 Å². The van der Waals surface area contributed by atoms with Crippen LogP contribution in [0.1, 0.15) is 15.9 Å². The minimum atomic E-state index is -4.45. The molecule has 2 rings (SSSR count). The van der Waals surface area contributed by atoms with Gasteiger partial charge in [0.2, 0.25) is 5.88 Å². The smallest absolute Gasteiger partial charge is 0.422 e. The summed E-state index contributed by atoms with van der Waals surface area (Å²) in [6.07, 6.45) is -3.35. The van der Waals surface area contributed by atoms with Gasteiger partial charge < -0.3 is 10.1 Å². The Morgan fingerprint density at radius 3 is 2.70 bits per heavy atom. The molecular formula is C15H10F3N3O2. The van der Waals surface area contributed by atoms with Crippen LogP contribution in [0.4, 0.5) is 18.9 Å². The molecule has 0 spiro atoms. The van der Waals surface area contributed by atoms with E-state index >= 15 is 0 Å². The molecule has 0 unspecified atom stereocenters. The Kier molecular flexibility index (Phi) is 4.81. The monoisotopic (exact) mass is 321 g/mol. The summed E-state index contributed by atoms with van der Waals surface area (Å²) < 4.78 is 40.5. The minimum absolute atomic E-state index is 0.145. The number of anilines is 1. The minimum Gasteiger partial charge on any atom is -0.468 e. The largest absolute Gasteiger partial charge is 0.468 e. The average molecular weight is 321 g/mol. The molecule has 1 amide bonds. The third kappa shape index (κ3) is 5.00. The van der Waals surface area contributed by atoms with Crippen molar-refractivity contribution in [3.63, 3.8) is 0 Å². The van der Waals surface area contributed by atoms with Gasteiger partial charge in [-0.3, -0.25) is 4.79 Å². The number of hydrogen-bond donors (Lipinski definition) is 1. The molecule has 8 heteroatoms. The zero-order valence-corrected chi connectivity index (χ0v) is 11.6. The van der Waals surface area contributed by atoms with Gasteiger partial charge in [-0.25, -0.2) is 4.98 Å². The van der Waals surface area contributed by atoms with E-state index in [1.165, 1.54) is 18.2 Å². The number of carbonyl (C=O) groups is 1. The van der Waals surface area contributed by atoms with Crippen molar-refractivity contribution < 1.29 is 22.7 Å². The molecule has 0 fully saturated rings. The molecule has 23 heavy (non-hydrogen) atoms. The standard InChI is InChI=1S/C15H10F3N3O2/c16-15(17,18)9-23-13-5-4-11(8-20-13)14(22)21-12-3-1-2-10(6-12)7-19/h1-6,8H,9H2,(H,21,22). The summed E-state index contributed by atoms with van der Waals surface area (Å²) in [5.74, 6) is -0.736. The van der Waals surface area contributed by atoms with Crippen LogP contribution in [0.5, 0.6) is 5.88 Å². The van der Waals surface area contributed by atoms with Crippen LogP contribution in [0.3, 0.4) is 0 Å². The second-order valence-corrected chi connectivity index (χ2v) is 4.44. The van der Waals surface area contributed by atoms with Crippen molar-refractivity contribution in [3.8, 4) is 11.9 Å². The second-order valence-electron chi connectivity index (χ2n) is 4.44. The number of rotatable bonds is 4. The van der Waals surface area contributed by atoms with E-state index in [0.717, 1.165) is 6.20 Å². The van der Waals surface area contributed by atoms with E-state index < -0.39 is 18.7 Å². The molecule has 0 bridgehead atoms. The predicted octanol–water partition coefficient (Wildman–Crippen LogP) is 3.15. The SMILES string of the molecule is N#Cc1cccc(NC(=O)c2ccc(OCC(F)(F)F)nc2)c1. The molecule has 118 valence electrons. The number of aromatic nitrogens is 1. The number of nitrogens with one attached hydrogen (secondary N) is 1. The van der Waals surface area contributed by atoms with Crippen molar-refractivity contribution in [3.05, 3.63) is 53.7 Å². The average Bonchev–Trinajstić information content (AvgIpc) is 2.53. The Morgan fingerprint density at radius 2 is 2.09 bits per heavy atom. The maximum absolute atomic E-state index is 12.0. The van der Waals surface area contributed by atoms with Crippen LogP contribution in [-0.2, 0) is 0 Å². The third-order valence-electron chi connectivity index (χ3n) is 2.63. The van der Waals surface area contributed by atoms with E-state index in [1.54, 1.807) is 18.2 Å². The Labute approximate surface area is 129 Å². The lowest BCUT2D eigenvalue weighted by Gasteiger charge is -2.09. The molecule has 0 saturated heterocycles. The molecule has 0 aliphatic heterocycles. The first-order valence-electron chi connectivity index (χ1n) is 6.34. The first-order chi connectivity index (χ1) is 10.9. The topological polar surface area (TPSA) is 75.0 Å². The van der Waals surface area contributed by atoms with Gasteiger partial charge in [0.05, 0.1) is 17.2 Å². The van der Waals surface area contributed by atoms with Gasteiger partial charge in [0.25, 0.3) is 5.91 Å². The van der Waals surface area contributed by atoms with E-state index in [4.69, 9.17) is 5.26 Å². The number of halogens is 3. The predicted molar refractivity (Wildman–Crippen MR) is 74.9 cm³/mol. The molecule has 1 aromatic heterocycles. The van der Waals surface area contributed by atoms with Crippen LogP contribution in [0.15, 0.2) is 42.6 Å². The molecule has 2 aromatic rings. The fraction of sp³-hybridized carbons (Fsp3) is 0.133. The number of hydrogen-bond acceptors (Lipinski definition) is 4. The van der Waals surface area contributed by atoms with Crippen LogP contribution in [-0.4, -0.2) is 23.7 Å². The van der Waals surface area contributed by atoms with E-state index in [2.05, 4.69) is 15.0 Å². The van der Waals surface area contributed by atoms with Crippen LogP contribution in [0, 0.1) is 11.3 Å². The number of ether oxygens (including phenoxy) is 1. The van der Waals surface area contributed by atoms with Gasteiger partial charge in [0.1, 0.15) is 0 Å². The normalized spacial score (nSPS) is 10.7. The molecule has 0 aliphatic rings. The summed E-state index contributed by atoms with van der Waals surface area (Å²) in [5, 5.41) is 11.3. The summed E-state index contributed by atoms with van der Waals surface area (Å²) in [6.45, 7) is -1.45. The summed E-state index contributed by atoms with van der Waals surface area (Å²) in [4.78, 5) is 15.6. The molecule has 5 nitrogen and oxygen atoms in total. The summed E-state index contributed by atoms with van der Waals surface area (Å²) in [5.41, 5.74) is 0.954. The highest BCUT2D eigenvalue weighted by Crippen LogP contribution is 2.17. The molecule has 1 heterocycles. The number of amides is 1. The Morgan fingerprint density at radius 1 is 1.30 bits per heavy atom. The highest BCUT2D eigenvalue weighted by molar-refractivity contribution is 6.04. The van der Waals surface area contributed by atoms with Gasteiger partial charge in [-0.2, -0.15) is 18.4 Å². The maximum atomic E-state index is 12.0. The van der Waals surface area contributed by atoms with Crippen molar-refractivity contribution in [1.82, 2.24) is 4.98 Å². The fourth-order valence-corrected chi connectivity index (χ4v) is 1.63. The van der Waals surface area contributed by atoms with Crippen LogP contribution >= 0.6 is 0 Å². The van der Waals surface area contributed by atoms with Gasteiger partial charge in [-0.05, 0) is 24.3 Å². The third-order valence-corrected chi connectivity index (χ3v) is 2.63. The second kappa shape index (κ2) is 6.79. The van der Waals surface area contributed by atoms with E-state index in [-0.39, 0.29) is 11.4 Å². The first-order valence-corrected chi connectivity index (χ1v) is 6.34. The summed E-state index contributed by atoms with van der Waals surface area (Å²) in [7, 11) is 0. The van der Waals surface area contributed by atoms with Gasteiger partial charge in [-0.1, -0.05) is 6.07 Å². The quantitative estimate of drug-likeness (QED) is 0.938. The number of benzene rings is 1. The van der Waals surface area contributed by atoms with Gasteiger partial charge in [0.15, 0.2) is 6.61 Å². The molecular weight excluding hydrogens is 311 g/mol. The lowest BCUT2D eigenvalue weighted by atomic mass is 10.2.